The first-order valence-corrected chi connectivity index (χ1v) is 4.24. The second-order valence-corrected chi connectivity index (χ2v) is 3.25. The van der Waals surface area contributed by atoms with Crippen molar-refractivity contribution in [1.29, 1.82) is 0 Å². The van der Waals surface area contributed by atoms with Crippen molar-refractivity contribution in [3.63, 3.8) is 0 Å². The fraction of sp³-hybridized carbons (Fsp3) is 0.273. The minimum Gasteiger partial charge on any atom is -0.508 e. The Bertz CT molecular complexity index is 313. The van der Waals surface area contributed by atoms with Gasteiger partial charge in [0.15, 0.2) is 0 Å². The van der Waals surface area contributed by atoms with E-state index < -0.39 is 0 Å². The van der Waals surface area contributed by atoms with Crippen LogP contribution in [-0.2, 0) is 0 Å². The van der Waals surface area contributed by atoms with Crippen molar-refractivity contribution in [1.82, 2.24) is 0 Å². The molecule has 1 atom stereocenters. The number of rotatable bonds is 2. The topological polar surface area (TPSA) is 46.2 Å². The molecule has 0 aliphatic heterocycles. The first kappa shape index (κ1) is 13.0. The zero-order chi connectivity index (χ0) is 10.0. The number of hydrogen-bond acceptors (Lipinski definition) is 2. The Labute approximate surface area is 90.9 Å². The van der Waals surface area contributed by atoms with E-state index >= 15 is 0 Å². The number of phenolic OH excluding ortho intramolecular Hbond substituents is 1. The molecule has 2 nitrogen and oxygen atoms in total. The van der Waals surface area contributed by atoms with Crippen LogP contribution in [0.1, 0.15) is 22.7 Å². The summed E-state index contributed by atoms with van der Waals surface area (Å²) in [4.78, 5) is 0. The van der Waals surface area contributed by atoms with Crippen molar-refractivity contribution in [2.24, 2.45) is 5.73 Å². The van der Waals surface area contributed by atoms with E-state index in [2.05, 4.69) is 6.58 Å². The molecule has 3 N–H and O–H groups in total. The highest BCUT2D eigenvalue weighted by Gasteiger charge is 2.09. The molecule has 3 heteroatoms. The van der Waals surface area contributed by atoms with E-state index in [-0.39, 0.29) is 24.2 Å². The van der Waals surface area contributed by atoms with Gasteiger partial charge in [-0.1, -0.05) is 6.08 Å². The Morgan fingerprint density at radius 3 is 2.14 bits per heavy atom. The number of nitrogens with two attached hydrogens (primary N) is 1. The summed E-state index contributed by atoms with van der Waals surface area (Å²) in [6.45, 7) is 7.53. The number of hydrogen-bond donors (Lipinski definition) is 2. The average Bonchev–Trinajstić information content (AvgIpc) is 2.02. The summed E-state index contributed by atoms with van der Waals surface area (Å²) in [5.41, 5.74) is 8.90. The van der Waals surface area contributed by atoms with Crippen molar-refractivity contribution >= 4 is 12.4 Å². The van der Waals surface area contributed by atoms with E-state index in [0.29, 0.717) is 0 Å². The summed E-state index contributed by atoms with van der Waals surface area (Å²) in [5.74, 6) is 0.287. The first-order valence-electron chi connectivity index (χ1n) is 4.24. The van der Waals surface area contributed by atoms with Crippen LogP contribution in [0, 0.1) is 13.8 Å². The summed E-state index contributed by atoms with van der Waals surface area (Å²) in [6.07, 6.45) is 1.70. The van der Waals surface area contributed by atoms with Gasteiger partial charge in [0.25, 0.3) is 0 Å². The summed E-state index contributed by atoms with van der Waals surface area (Å²) in [5, 5.41) is 9.31. The molecule has 1 aromatic rings. The molecule has 1 aromatic carbocycles. The normalized spacial score (nSPS) is 11.6. The molecule has 0 aliphatic carbocycles. The lowest BCUT2D eigenvalue weighted by molar-refractivity contribution is 0.474. The quantitative estimate of drug-likeness (QED) is 0.742. The Balaban J connectivity index is 0.00000169. The molecule has 0 saturated carbocycles. The number of phenols is 1. The van der Waals surface area contributed by atoms with E-state index in [1.54, 1.807) is 18.2 Å². The van der Waals surface area contributed by atoms with Crippen LogP contribution in [0.25, 0.3) is 0 Å². The molecule has 0 saturated heterocycles. The van der Waals surface area contributed by atoms with Crippen LogP contribution in [-0.4, -0.2) is 5.11 Å². The van der Waals surface area contributed by atoms with Crippen molar-refractivity contribution in [3.8, 4) is 5.75 Å². The molecule has 0 heterocycles. The lowest BCUT2D eigenvalue weighted by atomic mass is 9.96. The Morgan fingerprint density at radius 1 is 1.36 bits per heavy atom. The number of halogens is 1. The molecule has 78 valence electrons. The van der Waals surface area contributed by atoms with Gasteiger partial charge >= 0.3 is 0 Å². The zero-order valence-electron chi connectivity index (χ0n) is 8.45. The summed E-state index contributed by atoms with van der Waals surface area (Å²) in [7, 11) is 0. The van der Waals surface area contributed by atoms with Crippen LogP contribution < -0.4 is 5.73 Å². The molecule has 0 fully saturated rings. The lowest BCUT2D eigenvalue weighted by Gasteiger charge is -2.14. The van der Waals surface area contributed by atoms with Gasteiger partial charge in [-0.25, -0.2) is 0 Å². The van der Waals surface area contributed by atoms with E-state index in [9.17, 15) is 5.11 Å². The van der Waals surface area contributed by atoms with Gasteiger partial charge in [0, 0.05) is 6.04 Å². The second kappa shape index (κ2) is 5.03. The van der Waals surface area contributed by atoms with Crippen molar-refractivity contribution in [2.45, 2.75) is 19.9 Å². The summed E-state index contributed by atoms with van der Waals surface area (Å²) >= 11 is 0. The number of benzene rings is 1. The highest BCUT2D eigenvalue weighted by molar-refractivity contribution is 5.85. The molecule has 0 unspecified atom stereocenters. The number of aromatic hydroxyl groups is 1. The number of aryl methyl sites for hydroxylation is 2. The van der Waals surface area contributed by atoms with Crippen LogP contribution in [0.4, 0.5) is 0 Å². The van der Waals surface area contributed by atoms with E-state index in [1.807, 2.05) is 13.8 Å². The van der Waals surface area contributed by atoms with Crippen molar-refractivity contribution in [2.75, 3.05) is 0 Å². The van der Waals surface area contributed by atoms with Crippen LogP contribution in [0.15, 0.2) is 24.8 Å². The Kier molecular flexibility index (Phi) is 4.68. The molecule has 0 amide bonds. The minimum atomic E-state index is -0.152. The maximum Gasteiger partial charge on any atom is 0.116 e. The van der Waals surface area contributed by atoms with Crippen LogP contribution >= 0.6 is 12.4 Å². The third-order valence-electron chi connectivity index (χ3n) is 2.17. The van der Waals surface area contributed by atoms with Gasteiger partial charge in [-0.05, 0) is 42.7 Å². The van der Waals surface area contributed by atoms with Gasteiger partial charge in [0.1, 0.15) is 5.75 Å². The molecule has 1 rings (SSSR count). The molecule has 0 aliphatic rings. The minimum absolute atomic E-state index is 0. The van der Waals surface area contributed by atoms with Gasteiger partial charge in [-0.15, -0.1) is 19.0 Å². The molecular weight excluding hydrogens is 198 g/mol. The van der Waals surface area contributed by atoms with Crippen LogP contribution in [0.5, 0.6) is 5.75 Å². The van der Waals surface area contributed by atoms with Gasteiger partial charge in [0.05, 0.1) is 0 Å². The smallest absolute Gasteiger partial charge is 0.116 e. The molecule has 0 aromatic heterocycles. The lowest BCUT2D eigenvalue weighted by Crippen LogP contribution is -2.10. The maximum atomic E-state index is 9.31. The second-order valence-electron chi connectivity index (χ2n) is 3.25. The molecule has 0 spiro atoms. The van der Waals surface area contributed by atoms with Crippen LogP contribution in [0.2, 0.25) is 0 Å². The highest BCUT2D eigenvalue weighted by atomic mass is 35.5. The van der Waals surface area contributed by atoms with Gasteiger partial charge in [-0.3, -0.25) is 0 Å². The third kappa shape index (κ3) is 2.50. The van der Waals surface area contributed by atoms with E-state index in [4.69, 9.17) is 5.73 Å². The molecule has 0 radical (unpaired) electrons. The maximum absolute atomic E-state index is 9.31. The van der Waals surface area contributed by atoms with E-state index in [1.165, 1.54) is 0 Å². The van der Waals surface area contributed by atoms with Crippen molar-refractivity contribution in [3.05, 3.63) is 41.5 Å². The zero-order valence-corrected chi connectivity index (χ0v) is 9.27. The van der Waals surface area contributed by atoms with Gasteiger partial charge < -0.3 is 10.8 Å². The fourth-order valence-corrected chi connectivity index (χ4v) is 1.60. The summed E-state index contributed by atoms with van der Waals surface area (Å²) in [6, 6.07) is 3.28. The highest BCUT2D eigenvalue weighted by Crippen LogP contribution is 2.25. The van der Waals surface area contributed by atoms with Crippen LogP contribution in [0.3, 0.4) is 0 Å². The molecule has 0 bridgehead atoms. The first-order chi connectivity index (χ1) is 6.06. The SMILES string of the molecule is C=C[C@H](N)c1c(C)cc(O)cc1C.Cl. The predicted molar refractivity (Wildman–Crippen MR) is 62.0 cm³/mol. The van der Waals surface area contributed by atoms with Gasteiger partial charge in [-0.2, -0.15) is 0 Å². The van der Waals surface area contributed by atoms with Gasteiger partial charge in [0.2, 0.25) is 0 Å². The Hall–Kier alpha value is -0.990. The summed E-state index contributed by atoms with van der Waals surface area (Å²) < 4.78 is 0. The third-order valence-corrected chi connectivity index (χ3v) is 2.17. The monoisotopic (exact) mass is 213 g/mol. The predicted octanol–water partition coefficient (Wildman–Crippen LogP) is 2.62. The Morgan fingerprint density at radius 2 is 1.79 bits per heavy atom. The van der Waals surface area contributed by atoms with E-state index in [0.717, 1.165) is 16.7 Å². The molecule has 14 heavy (non-hydrogen) atoms. The van der Waals surface area contributed by atoms with Crippen molar-refractivity contribution < 1.29 is 5.11 Å². The largest absolute Gasteiger partial charge is 0.508 e. The molecular formula is C11H16ClNO. The standard InChI is InChI=1S/C11H15NO.ClH/c1-4-10(12)11-7(2)5-9(13)6-8(11)3;/h4-6,10,13H,1,12H2,2-3H3;1H/t10-;/m0./s1. The fourth-order valence-electron chi connectivity index (χ4n) is 1.60. The average molecular weight is 214 g/mol.